The molecule has 0 atom stereocenters. The number of ether oxygens (including phenoxy) is 1. The van der Waals surface area contributed by atoms with Crippen LogP contribution in [0.3, 0.4) is 0 Å². The number of anilines is 1. The average molecular weight is 310 g/mol. The second-order valence-electron chi connectivity index (χ2n) is 4.04. The van der Waals surface area contributed by atoms with Crippen LogP contribution in [0.25, 0.3) is 0 Å². The molecule has 0 aliphatic carbocycles. The van der Waals surface area contributed by atoms with Gasteiger partial charge in [-0.25, -0.2) is 21.9 Å². The summed E-state index contributed by atoms with van der Waals surface area (Å²) in [6, 6.07) is 6.51. The van der Waals surface area contributed by atoms with Gasteiger partial charge in [0.1, 0.15) is 19.0 Å². The average Bonchev–Trinajstić information content (AvgIpc) is 2.39. The predicted octanol–water partition coefficient (Wildman–Crippen LogP) is 0.195. The second kappa shape index (κ2) is 6.82. The van der Waals surface area contributed by atoms with Gasteiger partial charge in [0, 0.05) is 0 Å². The van der Waals surface area contributed by atoms with Gasteiger partial charge in [-0.05, 0) is 12.1 Å². The first-order valence-corrected chi connectivity index (χ1v) is 7.34. The molecule has 0 unspecified atom stereocenters. The van der Waals surface area contributed by atoms with Crippen LogP contribution in [-0.2, 0) is 10.0 Å². The van der Waals surface area contributed by atoms with E-state index in [4.69, 9.17) is 15.6 Å². The molecule has 0 aliphatic heterocycles. The Hall–Kier alpha value is -1.45. The van der Waals surface area contributed by atoms with Gasteiger partial charge in [0.2, 0.25) is 10.0 Å². The number of hydrogen-bond donors (Lipinski definition) is 3. The van der Waals surface area contributed by atoms with Gasteiger partial charge < -0.3 is 15.6 Å². The summed E-state index contributed by atoms with van der Waals surface area (Å²) in [4.78, 5) is 0. The highest BCUT2D eigenvalue weighted by atomic mass is 32.2. The predicted molar refractivity (Wildman–Crippen MR) is 70.2 cm³/mol. The van der Waals surface area contributed by atoms with E-state index < -0.39 is 34.9 Å². The number of para-hydroxylation sites is 2. The molecular weight excluding hydrogens is 294 g/mol. The summed E-state index contributed by atoms with van der Waals surface area (Å²) in [5, 5.41) is 8.32. The van der Waals surface area contributed by atoms with Gasteiger partial charge >= 0.3 is 0 Å². The standard InChI is InChI=1S/C11H16F2N2O4S/c12-11(13,8-16)7-15-20(17,18)6-5-19-10-4-2-1-3-9(10)14/h1-4,15-16H,5-8,14H2. The van der Waals surface area contributed by atoms with Gasteiger partial charge in [-0.1, -0.05) is 12.1 Å². The van der Waals surface area contributed by atoms with Crippen LogP contribution in [-0.4, -0.2) is 45.0 Å². The first-order chi connectivity index (χ1) is 9.26. The molecule has 114 valence electrons. The zero-order chi connectivity index (χ0) is 15.2. The number of hydrogen-bond acceptors (Lipinski definition) is 5. The van der Waals surface area contributed by atoms with Crippen molar-refractivity contribution in [2.24, 2.45) is 0 Å². The minimum atomic E-state index is -3.91. The maximum atomic E-state index is 12.7. The molecule has 0 aliphatic rings. The van der Waals surface area contributed by atoms with Crippen LogP contribution in [0.5, 0.6) is 5.75 Å². The zero-order valence-electron chi connectivity index (χ0n) is 10.6. The number of alkyl halides is 2. The van der Waals surface area contributed by atoms with Crippen LogP contribution < -0.4 is 15.2 Å². The Morgan fingerprint density at radius 3 is 2.60 bits per heavy atom. The molecule has 1 aromatic carbocycles. The molecule has 0 fully saturated rings. The van der Waals surface area contributed by atoms with E-state index in [9.17, 15) is 17.2 Å². The molecular formula is C11H16F2N2O4S. The zero-order valence-corrected chi connectivity index (χ0v) is 11.4. The number of aliphatic hydroxyl groups excluding tert-OH is 1. The number of halogens is 2. The monoisotopic (exact) mass is 310 g/mol. The summed E-state index contributed by atoms with van der Waals surface area (Å²) < 4.78 is 55.1. The highest BCUT2D eigenvalue weighted by Gasteiger charge is 2.29. The summed E-state index contributed by atoms with van der Waals surface area (Å²) >= 11 is 0. The first-order valence-electron chi connectivity index (χ1n) is 5.69. The fourth-order valence-electron chi connectivity index (χ4n) is 1.22. The van der Waals surface area contributed by atoms with Gasteiger partial charge in [-0.15, -0.1) is 0 Å². The van der Waals surface area contributed by atoms with Crippen molar-refractivity contribution in [3.8, 4) is 5.75 Å². The third-order valence-corrected chi connectivity index (χ3v) is 3.60. The molecule has 1 aromatic rings. The number of aliphatic hydroxyl groups is 1. The minimum absolute atomic E-state index is 0.228. The Bertz CT molecular complexity index is 537. The van der Waals surface area contributed by atoms with Gasteiger partial charge in [-0.3, -0.25) is 0 Å². The molecule has 0 bridgehead atoms. The van der Waals surface area contributed by atoms with Crippen LogP contribution >= 0.6 is 0 Å². The maximum absolute atomic E-state index is 12.7. The molecule has 6 nitrogen and oxygen atoms in total. The Balaban J connectivity index is 2.43. The molecule has 1 rings (SSSR count). The van der Waals surface area contributed by atoms with E-state index in [0.29, 0.717) is 11.4 Å². The van der Waals surface area contributed by atoms with Crippen molar-refractivity contribution < 1.29 is 27.0 Å². The quantitative estimate of drug-likeness (QED) is 0.595. The van der Waals surface area contributed by atoms with Crippen molar-refractivity contribution >= 4 is 15.7 Å². The van der Waals surface area contributed by atoms with E-state index in [0.717, 1.165) is 0 Å². The smallest absolute Gasteiger partial charge is 0.283 e. The summed E-state index contributed by atoms with van der Waals surface area (Å²) in [5.74, 6) is -3.66. The fraction of sp³-hybridized carbons (Fsp3) is 0.455. The Morgan fingerprint density at radius 2 is 2.00 bits per heavy atom. The van der Waals surface area contributed by atoms with Crippen LogP contribution in [0.1, 0.15) is 0 Å². The lowest BCUT2D eigenvalue weighted by Crippen LogP contribution is -2.40. The lowest BCUT2D eigenvalue weighted by Gasteiger charge is -2.14. The number of benzene rings is 1. The van der Waals surface area contributed by atoms with Gasteiger partial charge in [-0.2, -0.15) is 0 Å². The van der Waals surface area contributed by atoms with Crippen LogP contribution in [0, 0.1) is 0 Å². The lowest BCUT2D eigenvalue weighted by atomic mass is 10.3. The number of nitrogen functional groups attached to an aromatic ring is 1. The highest BCUT2D eigenvalue weighted by molar-refractivity contribution is 7.89. The Kier molecular flexibility index (Phi) is 5.66. The van der Waals surface area contributed by atoms with Crippen molar-refractivity contribution in [2.75, 3.05) is 31.2 Å². The number of nitrogens with two attached hydrogens (primary N) is 1. The highest BCUT2D eigenvalue weighted by Crippen LogP contribution is 2.19. The van der Waals surface area contributed by atoms with Crippen molar-refractivity contribution in [3.05, 3.63) is 24.3 Å². The molecule has 9 heteroatoms. The number of nitrogens with one attached hydrogen (secondary N) is 1. The van der Waals surface area contributed by atoms with Crippen molar-refractivity contribution in [1.82, 2.24) is 4.72 Å². The number of rotatable bonds is 8. The molecule has 4 N–H and O–H groups in total. The lowest BCUT2D eigenvalue weighted by molar-refractivity contribution is -0.0437. The summed E-state index contributed by atoms with van der Waals surface area (Å²) in [6.07, 6.45) is 0. The maximum Gasteiger partial charge on any atom is 0.283 e. The van der Waals surface area contributed by atoms with Gasteiger partial charge in [0.25, 0.3) is 5.92 Å². The SMILES string of the molecule is Nc1ccccc1OCCS(=O)(=O)NCC(F)(F)CO. The van der Waals surface area contributed by atoms with Crippen molar-refractivity contribution in [1.29, 1.82) is 0 Å². The largest absolute Gasteiger partial charge is 0.490 e. The van der Waals surface area contributed by atoms with Crippen molar-refractivity contribution in [3.63, 3.8) is 0 Å². The number of sulfonamides is 1. The van der Waals surface area contributed by atoms with E-state index in [1.54, 1.807) is 29.0 Å². The van der Waals surface area contributed by atoms with E-state index in [1.165, 1.54) is 0 Å². The van der Waals surface area contributed by atoms with Gasteiger partial charge in [0.15, 0.2) is 0 Å². The molecule has 0 amide bonds. The summed E-state index contributed by atoms with van der Waals surface area (Å²) in [6.45, 7) is -2.81. The van der Waals surface area contributed by atoms with E-state index in [2.05, 4.69) is 0 Å². The van der Waals surface area contributed by atoms with Crippen molar-refractivity contribution in [2.45, 2.75) is 5.92 Å². The normalized spacial score (nSPS) is 12.3. The van der Waals surface area contributed by atoms with E-state index >= 15 is 0 Å². The van der Waals surface area contributed by atoms with Crippen LogP contribution in [0.4, 0.5) is 14.5 Å². The molecule has 0 radical (unpaired) electrons. The fourth-order valence-corrected chi connectivity index (χ4v) is 2.10. The topological polar surface area (TPSA) is 102 Å². The molecule has 20 heavy (non-hydrogen) atoms. The Labute approximate surface area is 115 Å². The van der Waals surface area contributed by atoms with E-state index in [1.807, 2.05) is 0 Å². The molecule has 0 saturated heterocycles. The molecule has 0 saturated carbocycles. The molecule has 0 heterocycles. The third-order valence-electron chi connectivity index (χ3n) is 2.31. The van der Waals surface area contributed by atoms with Crippen LogP contribution in [0.15, 0.2) is 24.3 Å². The summed E-state index contributed by atoms with van der Waals surface area (Å²) in [7, 11) is -3.91. The molecule has 0 spiro atoms. The Morgan fingerprint density at radius 1 is 1.35 bits per heavy atom. The first kappa shape index (κ1) is 16.6. The van der Waals surface area contributed by atoms with E-state index in [-0.39, 0.29) is 6.61 Å². The van der Waals surface area contributed by atoms with Gasteiger partial charge in [0.05, 0.1) is 18.0 Å². The van der Waals surface area contributed by atoms with Crippen LogP contribution in [0.2, 0.25) is 0 Å². The summed E-state index contributed by atoms with van der Waals surface area (Å²) in [5.41, 5.74) is 5.94. The second-order valence-corrected chi connectivity index (χ2v) is 5.97. The minimum Gasteiger partial charge on any atom is -0.490 e. The molecule has 0 aromatic heterocycles. The third kappa shape index (κ3) is 5.68.